The summed E-state index contributed by atoms with van der Waals surface area (Å²) in [6.07, 6.45) is 3.81. The zero-order chi connectivity index (χ0) is 13.8. The smallest absolute Gasteiger partial charge is 0.276 e. The molecule has 0 aromatic carbocycles. The maximum absolute atomic E-state index is 12.1. The van der Waals surface area contributed by atoms with Crippen molar-refractivity contribution in [1.82, 2.24) is 25.2 Å². The quantitative estimate of drug-likeness (QED) is 0.818. The van der Waals surface area contributed by atoms with Crippen molar-refractivity contribution in [3.63, 3.8) is 0 Å². The van der Waals surface area contributed by atoms with E-state index in [1.165, 1.54) is 0 Å². The number of nitrogens with zero attached hydrogens (tertiary/aromatic N) is 4. The molecule has 1 aromatic rings. The van der Waals surface area contributed by atoms with E-state index in [2.05, 4.69) is 22.2 Å². The molecule has 0 radical (unpaired) electrons. The third-order valence-corrected chi connectivity index (χ3v) is 3.27. The Morgan fingerprint density at radius 3 is 2.89 bits per heavy atom. The first-order valence-corrected chi connectivity index (χ1v) is 6.60. The van der Waals surface area contributed by atoms with Gasteiger partial charge in [-0.25, -0.2) is 4.68 Å². The van der Waals surface area contributed by atoms with Gasteiger partial charge < -0.3 is 10.2 Å². The van der Waals surface area contributed by atoms with Crippen LogP contribution >= 0.6 is 0 Å². The van der Waals surface area contributed by atoms with Crippen molar-refractivity contribution in [2.24, 2.45) is 0 Å². The van der Waals surface area contributed by atoms with Crippen LogP contribution in [0.4, 0.5) is 0 Å². The van der Waals surface area contributed by atoms with Gasteiger partial charge in [-0.3, -0.25) is 4.79 Å². The highest BCUT2D eigenvalue weighted by Gasteiger charge is 2.20. The fraction of sp³-hybridized carbons (Fsp3) is 0.615. The van der Waals surface area contributed by atoms with E-state index in [0.29, 0.717) is 18.3 Å². The number of aromatic nitrogens is 3. The van der Waals surface area contributed by atoms with Gasteiger partial charge in [-0.05, 0) is 32.9 Å². The molecule has 1 aliphatic heterocycles. The van der Waals surface area contributed by atoms with Gasteiger partial charge in [0, 0.05) is 13.6 Å². The van der Waals surface area contributed by atoms with Crippen LogP contribution in [-0.2, 0) is 0 Å². The van der Waals surface area contributed by atoms with E-state index in [0.717, 1.165) is 31.5 Å². The molecule has 0 atom stereocenters. The van der Waals surface area contributed by atoms with E-state index in [-0.39, 0.29) is 5.91 Å². The molecule has 1 N–H and O–H groups in total. The van der Waals surface area contributed by atoms with Crippen LogP contribution in [0.5, 0.6) is 0 Å². The van der Waals surface area contributed by atoms with Crippen molar-refractivity contribution < 1.29 is 4.79 Å². The first-order valence-electron chi connectivity index (χ1n) is 6.60. The minimum atomic E-state index is -0.108. The van der Waals surface area contributed by atoms with Crippen LogP contribution in [0.1, 0.15) is 36.3 Å². The summed E-state index contributed by atoms with van der Waals surface area (Å²) in [6, 6.07) is 0.349. The Morgan fingerprint density at radius 2 is 2.26 bits per heavy atom. The lowest BCUT2D eigenvalue weighted by atomic mass is 10.1. The van der Waals surface area contributed by atoms with Crippen LogP contribution in [0, 0.1) is 0 Å². The van der Waals surface area contributed by atoms with Crippen LogP contribution in [0.15, 0.2) is 18.3 Å². The molecule has 1 amide bonds. The number of piperidine rings is 1. The van der Waals surface area contributed by atoms with Crippen LogP contribution in [0.25, 0.3) is 0 Å². The molecule has 0 bridgehead atoms. The number of hydrogen-bond acceptors (Lipinski definition) is 4. The molecule has 1 saturated heterocycles. The number of rotatable bonds is 4. The largest absolute Gasteiger partial charge is 0.336 e. The second-order valence-electron chi connectivity index (χ2n) is 5.18. The monoisotopic (exact) mass is 263 g/mol. The van der Waals surface area contributed by atoms with Gasteiger partial charge in [-0.15, -0.1) is 5.10 Å². The van der Waals surface area contributed by atoms with Gasteiger partial charge in [0.05, 0.1) is 12.2 Å². The highest BCUT2D eigenvalue weighted by Crippen LogP contribution is 2.17. The van der Waals surface area contributed by atoms with Gasteiger partial charge in [0.25, 0.3) is 5.91 Å². The number of amides is 1. The maximum Gasteiger partial charge on any atom is 0.276 e. The summed E-state index contributed by atoms with van der Waals surface area (Å²) in [7, 11) is 1.75. The van der Waals surface area contributed by atoms with Crippen molar-refractivity contribution in [3.05, 3.63) is 24.0 Å². The molecule has 0 spiro atoms. The van der Waals surface area contributed by atoms with Crippen LogP contribution in [0.2, 0.25) is 0 Å². The normalized spacial score (nSPS) is 16.3. The summed E-state index contributed by atoms with van der Waals surface area (Å²) in [4.78, 5) is 13.7. The van der Waals surface area contributed by atoms with Gasteiger partial charge >= 0.3 is 0 Å². The van der Waals surface area contributed by atoms with Crippen LogP contribution in [0.3, 0.4) is 0 Å². The number of likely N-dealkylation sites (N-methyl/N-ethyl adjacent to an activating group) is 1. The summed E-state index contributed by atoms with van der Waals surface area (Å²) in [6.45, 7) is 8.23. The topological polar surface area (TPSA) is 63.1 Å². The van der Waals surface area contributed by atoms with E-state index in [1.807, 2.05) is 11.6 Å². The fourth-order valence-electron chi connectivity index (χ4n) is 2.30. The van der Waals surface area contributed by atoms with E-state index in [9.17, 15) is 4.79 Å². The third-order valence-electron chi connectivity index (χ3n) is 3.27. The van der Waals surface area contributed by atoms with Crippen molar-refractivity contribution in [3.8, 4) is 0 Å². The molecule has 19 heavy (non-hydrogen) atoms. The number of carbonyl (C=O) groups excluding carboxylic acids is 1. The van der Waals surface area contributed by atoms with E-state index < -0.39 is 0 Å². The van der Waals surface area contributed by atoms with Gasteiger partial charge in [0.1, 0.15) is 0 Å². The predicted molar refractivity (Wildman–Crippen MR) is 72.9 cm³/mol. The van der Waals surface area contributed by atoms with Crippen LogP contribution < -0.4 is 5.32 Å². The Bertz CT molecular complexity index is 461. The molecule has 6 heteroatoms. The van der Waals surface area contributed by atoms with Crippen molar-refractivity contribution in [2.75, 3.05) is 26.7 Å². The Balaban J connectivity index is 2.03. The minimum Gasteiger partial charge on any atom is -0.336 e. The lowest BCUT2D eigenvalue weighted by Gasteiger charge is -2.22. The molecule has 1 aliphatic rings. The Morgan fingerprint density at radius 1 is 1.58 bits per heavy atom. The lowest BCUT2D eigenvalue weighted by molar-refractivity contribution is 0.0801. The van der Waals surface area contributed by atoms with E-state index in [1.54, 1.807) is 18.1 Å². The Labute approximate surface area is 113 Å². The molecule has 104 valence electrons. The van der Waals surface area contributed by atoms with E-state index >= 15 is 0 Å². The van der Waals surface area contributed by atoms with Crippen molar-refractivity contribution in [1.29, 1.82) is 0 Å². The molecule has 2 rings (SSSR count). The van der Waals surface area contributed by atoms with Crippen LogP contribution in [-0.4, -0.2) is 52.5 Å². The van der Waals surface area contributed by atoms with Gasteiger partial charge in [-0.1, -0.05) is 17.4 Å². The first kappa shape index (κ1) is 13.7. The second kappa shape index (κ2) is 5.97. The molecule has 2 heterocycles. The molecule has 6 nitrogen and oxygen atoms in total. The molecule has 0 saturated carbocycles. The SMILES string of the molecule is C=C(C)CN(C)C(=O)c1cn(C2CCNCC2)nn1. The Kier molecular flexibility index (Phi) is 4.31. The van der Waals surface area contributed by atoms with Gasteiger partial charge in [0.2, 0.25) is 0 Å². The zero-order valence-corrected chi connectivity index (χ0v) is 11.6. The minimum absolute atomic E-state index is 0.108. The third kappa shape index (κ3) is 3.41. The molecular formula is C13H21N5O. The highest BCUT2D eigenvalue weighted by molar-refractivity contribution is 5.91. The summed E-state index contributed by atoms with van der Waals surface area (Å²) >= 11 is 0. The van der Waals surface area contributed by atoms with Crippen molar-refractivity contribution in [2.45, 2.75) is 25.8 Å². The lowest BCUT2D eigenvalue weighted by Crippen LogP contribution is -2.30. The number of nitrogens with one attached hydrogen (secondary N) is 1. The first-order chi connectivity index (χ1) is 9.08. The van der Waals surface area contributed by atoms with Gasteiger partial charge in [0.15, 0.2) is 5.69 Å². The summed E-state index contributed by atoms with van der Waals surface area (Å²) in [5.41, 5.74) is 1.35. The number of carbonyl (C=O) groups is 1. The highest BCUT2D eigenvalue weighted by atomic mass is 16.2. The molecule has 1 fully saturated rings. The average Bonchev–Trinajstić information content (AvgIpc) is 2.87. The molecule has 0 unspecified atom stereocenters. The van der Waals surface area contributed by atoms with Gasteiger partial charge in [-0.2, -0.15) is 0 Å². The van der Waals surface area contributed by atoms with E-state index in [4.69, 9.17) is 0 Å². The molecule has 1 aromatic heterocycles. The average molecular weight is 263 g/mol. The standard InChI is InChI=1S/C13H21N5O/c1-10(2)8-17(3)13(19)12-9-18(16-15-12)11-4-6-14-7-5-11/h9,11,14H,1,4-8H2,2-3H3. The summed E-state index contributed by atoms with van der Waals surface area (Å²) in [5.74, 6) is -0.108. The fourth-order valence-corrected chi connectivity index (χ4v) is 2.30. The van der Waals surface area contributed by atoms with Crippen molar-refractivity contribution >= 4 is 5.91 Å². The summed E-state index contributed by atoms with van der Waals surface area (Å²) < 4.78 is 1.82. The molecule has 0 aliphatic carbocycles. The summed E-state index contributed by atoms with van der Waals surface area (Å²) in [5, 5.41) is 11.4. The molecular weight excluding hydrogens is 242 g/mol. The number of hydrogen-bond donors (Lipinski definition) is 1. The Hall–Kier alpha value is -1.69. The second-order valence-corrected chi connectivity index (χ2v) is 5.18. The predicted octanol–water partition coefficient (Wildman–Crippen LogP) is 0.851. The maximum atomic E-state index is 12.1. The zero-order valence-electron chi connectivity index (χ0n) is 11.6.